The Kier molecular flexibility index (Phi) is 6.90. The number of rotatable bonds is 7. The summed E-state index contributed by atoms with van der Waals surface area (Å²) in [5.41, 5.74) is 2.62. The summed E-state index contributed by atoms with van der Waals surface area (Å²) in [6.45, 7) is 4.06. The number of halogens is 1. The van der Waals surface area contributed by atoms with Gasteiger partial charge in [-0.05, 0) is 25.0 Å². The topological polar surface area (TPSA) is 64.4 Å². The molecule has 0 saturated heterocycles. The molecule has 1 unspecified atom stereocenters. The number of carbonyl (C=O) groups is 2. The van der Waals surface area contributed by atoms with E-state index in [9.17, 15) is 9.59 Å². The van der Waals surface area contributed by atoms with Crippen molar-refractivity contribution in [2.45, 2.75) is 33.0 Å². The average molecular weight is 426 g/mol. The molecule has 0 fully saturated rings. The molecule has 0 aliphatic carbocycles. The van der Waals surface area contributed by atoms with Crippen molar-refractivity contribution in [2.24, 2.45) is 7.05 Å². The maximum Gasteiger partial charge on any atom is 0.343 e. The molecule has 7 heteroatoms. The van der Waals surface area contributed by atoms with Crippen molar-refractivity contribution in [3.05, 3.63) is 88.2 Å². The number of aromatic nitrogens is 2. The minimum Gasteiger partial charge on any atom is -0.449 e. The number of hydrogen-bond donors (Lipinski definition) is 0. The molecule has 3 rings (SSSR count). The van der Waals surface area contributed by atoms with Crippen LogP contribution in [0, 0.1) is 6.92 Å². The van der Waals surface area contributed by atoms with Gasteiger partial charge in [-0.15, -0.1) is 0 Å². The van der Waals surface area contributed by atoms with Gasteiger partial charge >= 0.3 is 5.97 Å². The van der Waals surface area contributed by atoms with E-state index < -0.39 is 12.1 Å². The Balaban J connectivity index is 1.77. The zero-order valence-electron chi connectivity index (χ0n) is 17.2. The van der Waals surface area contributed by atoms with Crippen LogP contribution in [0.5, 0.6) is 0 Å². The van der Waals surface area contributed by atoms with Crippen LogP contribution in [0.3, 0.4) is 0 Å². The summed E-state index contributed by atoms with van der Waals surface area (Å²) in [5, 5.41) is 4.30. The van der Waals surface area contributed by atoms with E-state index in [4.69, 9.17) is 16.3 Å². The highest BCUT2D eigenvalue weighted by molar-refractivity contribution is 6.32. The van der Waals surface area contributed by atoms with E-state index in [-0.39, 0.29) is 16.6 Å². The van der Waals surface area contributed by atoms with Gasteiger partial charge in [0.15, 0.2) is 6.10 Å². The second-order valence-electron chi connectivity index (χ2n) is 7.09. The molecule has 2 aromatic carbocycles. The Morgan fingerprint density at radius 3 is 1.97 bits per heavy atom. The molecule has 0 bridgehead atoms. The van der Waals surface area contributed by atoms with Crippen molar-refractivity contribution in [2.75, 3.05) is 0 Å². The number of carbonyl (C=O) groups excluding carboxylic acids is 2. The van der Waals surface area contributed by atoms with Gasteiger partial charge in [0, 0.05) is 20.1 Å². The molecule has 0 aliphatic rings. The van der Waals surface area contributed by atoms with Gasteiger partial charge in [-0.2, -0.15) is 5.10 Å². The maximum atomic E-state index is 13.2. The van der Waals surface area contributed by atoms with Crippen LogP contribution in [-0.2, 0) is 29.7 Å². The number of benzene rings is 2. The van der Waals surface area contributed by atoms with E-state index in [1.807, 2.05) is 60.7 Å². The molecule has 1 atom stereocenters. The summed E-state index contributed by atoms with van der Waals surface area (Å²) in [6.07, 6.45) is -0.972. The number of nitrogens with zero attached hydrogens (tertiary/aromatic N) is 3. The molecule has 1 amide bonds. The normalized spacial score (nSPS) is 11.7. The first kappa shape index (κ1) is 21.6. The highest BCUT2D eigenvalue weighted by Crippen LogP contribution is 2.21. The lowest BCUT2D eigenvalue weighted by Gasteiger charge is -2.26. The van der Waals surface area contributed by atoms with E-state index in [1.54, 1.807) is 25.8 Å². The van der Waals surface area contributed by atoms with Gasteiger partial charge < -0.3 is 9.64 Å². The van der Waals surface area contributed by atoms with Gasteiger partial charge in [0.05, 0.1) is 5.69 Å². The fraction of sp³-hybridized carbons (Fsp3) is 0.261. The minimum atomic E-state index is -0.972. The molecule has 0 saturated carbocycles. The Bertz CT molecular complexity index is 977. The molecule has 0 radical (unpaired) electrons. The minimum absolute atomic E-state index is 0.177. The number of amides is 1. The number of hydrogen-bond acceptors (Lipinski definition) is 4. The number of esters is 1. The molecule has 3 aromatic rings. The summed E-state index contributed by atoms with van der Waals surface area (Å²) in [6, 6.07) is 19.4. The van der Waals surface area contributed by atoms with Gasteiger partial charge in [0.2, 0.25) is 0 Å². The molecular formula is C23H24ClN3O3. The summed E-state index contributed by atoms with van der Waals surface area (Å²) in [4.78, 5) is 27.5. The van der Waals surface area contributed by atoms with Crippen LogP contribution in [0.1, 0.15) is 34.1 Å². The molecule has 0 aliphatic heterocycles. The predicted octanol–water partition coefficient (Wildman–Crippen LogP) is 4.16. The van der Waals surface area contributed by atoms with Gasteiger partial charge in [-0.3, -0.25) is 9.48 Å². The Morgan fingerprint density at radius 1 is 1.03 bits per heavy atom. The van der Waals surface area contributed by atoms with Crippen LogP contribution >= 0.6 is 11.6 Å². The largest absolute Gasteiger partial charge is 0.449 e. The summed E-state index contributed by atoms with van der Waals surface area (Å²) in [7, 11) is 1.64. The van der Waals surface area contributed by atoms with E-state index in [0.29, 0.717) is 18.8 Å². The van der Waals surface area contributed by atoms with Crippen LogP contribution in [0.25, 0.3) is 0 Å². The Hall–Kier alpha value is -3.12. The standard InChI is InChI=1S/C23H24ClN3O3/c1-16-20(21(24)26(3)25-16)23(29)30-17(2)22(28)27(14-18-10-6-4-7-11-18)15-19-12-8-5-9-13-19/h4-13,17H,14-15H2,1-3H3. The Morgan fingerprint density at radius 2 is 1.53 bits per heavy atom. The van der Waals surface area contributed by atoms with E-state index in [1.165, 1.54) is 4.68 Å². The first-order chi connectivity index (χ1) is 14.4. The van der Waals surface area contributed by atoms with Crippen molar-refractivity contribution < 1.29 is 14.3 Å². The monoisotopic (exact) mass is 425 g/mol. The first-order valence-electron chi connectivity index (χ1n) is 9.63. The van der Waals surface area contributed by atoms with Crippen LogP contribution in [0.2, 0.25) is 5.15 Å². The zero-order valence-corrected chi connectivity index (χ0v) is 18.0. The highest BCUT2D eigenvalue weighted by Gasteiger charge is 2.28. The number of aryl methyl sites for hydroxylation is 2. The smallest absolute Gasteiger partial charge is 0.343 e. The Labute approximate surface area is 181 Å². The van der Waals surface area contributed by atoms with Crippen LogP contribution in [0.15, 0.2) is 60.7 Å². The van der Waals surface area contributed by atoms with E-state index >= 15 is 0 Å². The fourth-order valence-corrected chi connectivity index (χ4v) is 3.46. The second kappa shape index (κ2) is 9.59. The molecule has 30 heavy (non-hydrogen) atoms. The molecule has 0 spiro atoms. The van der Waals surface area contributed by atoms with Crippen molar-refractivity contribution in [3.63, 3.8) is 0 Å². The number of ether oxygens (including phenoxy) is 1. The quantitative estimate of drug-likeness (QED) is 0.533. The van der Waals surface area contributed by atoms with Crippen LogP contribution < -0.4 is 0 Å². The molecule has 1 heterocycles. The summed E-state index contributed by atoms with van der Waals surface area (Å²) in [5.74, 6) is -0.945. The van der Waals surface area contributed by atoms with Gasteiger partial charge in [0.1, 0.15) is 10.7 Å². The van der Waals surface area contributed by atoms with Crippen molar-refractivity contribution in [1.29, 1.82) is 0 Å². The molecule has 156 valence electrons. The maximum absolute atomic E-state index is 13.2. The highest BCUT2D eigenvalue weighted by atomic mass is 35.5. The van der Waals surface area contributed by atoms with Crippen LogP contribution in [-0.4, -0.2) is 32.7 Å². The second-order valence-corrected chi connectivity index (χ2v) is 7.45. The zero-order chi connectivity index (χ0) is 21.7. The lowest BCUT2D eigenvalue weighted by atomic mass is 10.1. The van der Waals surface area contributed by atoms with Crippen LogP contribution in [0.4, 0.5) is 0 Å². The lowest BCUT2D eigenvalue weighted by Crippen LogP contribution is -2.39. The molecule has 6 nitrogen and oxygen atoms in total. The van der Waals surface area contributed by atoms with E-state index in [0.717, 1.165) is 11.1 Å². The lowest BCUT2D eigenvalue weighted by molar-refractivity contribution is -0.141. The third-order valence-corrected chi connectivity index (χ3v) is 5.17. The SMILES string of the molecule is Cc1nn(C)c(Cl)c1C(=O)OC(C)C(=O)N(Cc1ccccc1)Cc1ccccc1. The van der Waals surface area contributed by atoms with Gasteiger partial charge in [-0.25, -0.2) is 4.79 Å². The molecule has 1 aromatic heterocycles. The molecular weight excluding hydrogens is 402 g/mol. The predicted molar refractivity (Wildman–Crippen MR) is 115 cm³/mol. The van der Waals surface area contributed by atoms with Gasteiger partial charge in [-0.1, -0.05) is 72.3 Å². The summed E-state index contributed by atoms with van der Waals surface area (Å²) >= 11 is 6.15. The van der Waals surface area contributed by atoms with Crippen molar-refractivity contribution in [1.82, 2.24) is 14.7 Å². The van der Waals surface area contributed by atoms with Gasteiger partial charge in [0.25, 0.3) is 5.91 Å². The summed E-state index contributed by atoms with van der Waals surface area (Å²) < 4.78 is 6.86. The van der Waals surface area contributed by atoms with Crippen molar-refractivity contribution >= 4 is 23.5 Å². The third kappa shape index (κ3) is 5.07. The fourth-order valence-electron chi connectivity index (χ4n) is 3.21. The average Bonchev–Trinajstić information content (AvgIpc) is 2.99. The third-order valence-electron chi connectivity index (χ3n) is 4.73. The molecule has 0 N–H and O–H groups in total. The van der Waals surface area contributed by atoms with E-state index in [2.05, 4.69) is 5.10 Å². The first-order valence-corrected chi connectivity index (χ1v) is 10.0. The van der Waals surface area contributed by atoms with Crippen molar-refractivity contribution in [3.8, 4) is 0 Å².